The Bertz CT molecular complexity index is 323. The average molecular weight is 280 g/mol. The normalized spacial score (nSPS) is 33.9. The molecule has 0 aromatic carbocycles. The molecule has 2 aliphatic carbocycles. The van der Waals surface area contributed by atoms with Gasteiger partial charge >= 0.3 is 0 Å². The van der Waals surface area contributed by atoms with E-state index in [1.54, 1.807) is 0 Å². The van der Waals surface area contributed by atoms with Crippen molar-refractivity contribution in [3.05, 3.63) is 0 Å². The second-order valence-corrected chi connectivity index (χ2v) is 7.51. The Labute approximate surface area is 124 Å². The van der Waals surface area contributed by atoms with Gasteiger partial charge in [0.25, 0.3) is 0 Å². The van der Waals surface area contributed by atoms with E-state index in [4.69, 9.17) is 4.74 Å². The highest BCUT2D eigenvalue weighted by molar-refractivity contribution is 5.10. The summed E-state index contributed by atoms with van der Waals surface area (Å²) in [6, 6.07) is 0. The van der Waals surface area contributed by atoms with Crippen LogP contribution in [0, 0.1) is 5.92 Å². The van der Waals surface area contributed by atoms with Crippen LogP contribution in [-0.2, 0) is 4.74 Å². The summed E-state index contributed by atoms with van der Waals surface area (Å²) in [4.78, 5) is 2.78. The number of hydrogen-bond donors (Lipinski definition) is 1. The molecule has 1 saturated heterocycles. The van der Waals surface area contributed by atoms with Gasteiger partial charge in [-0.15, -0.1) is 0 Å². The van der Waals surface area contributed by atoms with Gasteiger partial charge in [-0.3, -0.25) is 4.90 Å². The van der Waals surface area contributed by atoms with Crippen molar-refractivity contribution in [2.24, 2.45) is 5.92 Å². The maximum absolute atomic E-state index is 5.77. The van der Waals surface area contributed by atoms with Crippen molar-refractivity contribution in [3.8, 4) is 0 Å². The maximum Gasteiger partial charge on any atom is 0.0593 e. The molecule has 0 bridgehead atoms. The van der Waals surface area contributed by atoms with Gasteiger partial charge in [-0.1, -0.05) is 19.8 Å². The van der Waals surface area contributed by atoms with Crippen molar-refractivity contribution < 1.29 is 4.74 Å². The molecule has 116 valence electrons. The third kappa shape index (κ3) is 2.90. The van der Waals surface area contributed by atoms with Crippen molar-refractivity contribution in [3.63, 3.8) is 0 Å². The van der Waals surface area contributed by atoms with Gasteiger partial charge in [0.15, 0.2) is 0 Å². The molecule has 20 heavy (non-hydrogen) atoms. The molecule has 0 aromatic rings. The van der Waals surface area contributed by atoms with E-state index in [-0.39, 0.29) is 0 Å². The molecule has 0 aromatic heterocycles. The van der Waals surface area contributed by atoms with Gasteiger partial charge in [0.2, 0.25) is 0 Å². The summed E-state index contributed by atoms with van der Waals surface area (Å²) in [5.74, 6) is 0.917. The lowest BCUT2D eigenvalue weighted by atomic mass is 9.83. The molecular formula is C17H32N2O. The molecule has 1 N–H and O–H groups in total. The van der Waals surface area contributed by atoms with Crippen LogP contribution in [0.25, 0.3) is 0 Å². The molecule has 1 aliphatic heterocycles. The van der Waals surface area contributed by atoms with E-state index in [1.807, 2.05) is 0 Å². The molecule has 0 amide bonds. The predicted octanol–water partition coefficient (Wildman–Crippen LogP) is 2.80. The highest BCUT2D eigenvalue weighted by Crippen LogP contribution is 2.46. The molecule has 3 heteroatoms. The van der Waals surface area contributed by atoms with Crippen LogP contribution < -0.4 is 5.32 Å². The van der Waals surface area contributed by atoms with Crippen LogP contribution in [0.2, 0.25) is 0 Å². The van der Waals surface area contributed by atoms with Gasteiger partial charge in [0.1, 0.15) is 0 Å². The minimum atomic E-state index is 0.378. The molecule has 3 aliphatic rings. The van der Waals surface area contributed by atoms with E-state index in [0.717, 1.165) is 32.1 Å². The number of nitrogens with one attached hydrogen (secondary N) is 1. The maximum atomic E-state index is 5.77. The Balaban J connectivity index is 1.62. The van der Waals surface area contributed by atoms with Crippen LogP contribution in [0.15, 0.2) is 0 Å². The fourth-order valence-corrected chi connectivity index (χ4v) is 4.33. The van der Waals surface area contributed by atoms with Gasteiger partial charge in [-0.05, 0) is 44.9 Å². The van der Waals surface area contributed by atoms with Gasteiger partial charge in [0.05, 0.1) is 6.61 Å². The Morgan fingerprint density at radius 1 is 1.20 bits per heavy atom. The molecule has 3 nitrogen and oxygen atoms in total. The summed E-state index contributed by atoms with van der Waals surface area (Å²) < 4.78 is 5.77. The third-order valence-electron chi connectivity index (χ3n) is 5.91. The van der Waals surface area contributed by atoms with E-state index in [0.29, 0.717) is 11.1 Å². The highest BCUT2D eigenvalue weighted by Gasteiger charge is 2.52. The zero-order valence-corrected chi connectivity index (χ0v) is 13.4. The molecule has 1 atom stereocenters. The fraction of sp³-hybridized carbons (Fsp3) is 1.00. The van der Waals surface area contributed by atoms with Gasteiger partial charge < -0.3 is 10.1 Å². The molecule has 0 radical (unpaired) electrons. The first-order valence-electron chi connectivity index (χ1n) is 8.76. The lowest BCUT2D eigenvalue weighted by molar-refractivity contribution is -0.0172. The fourth-order valence-electron chi connectivity index (χ4n) is 4.33. The first-order valence-corrected chi connectivity index (χ1v) is 8.76. The van der Waals surface area contributed by atoms with Gasteiger partial charge in [0, 0.05) is 37.3 Å². The molecule has 3 fully saturated rings. The summed E-state index contributed by atoms with van der Waals surface area (Å²) >= 11 is 0. The van der Waals surface area contributed by atoms with Crippen molar-refractivity contribution in [2.75, 3.05) is 32.8 Å². The van der Waals surface area contributed by atoms with Crippen LogP contribution in [0.1, 0.15) is 58.8 Å². The number of rotatable bonds is 6. The lowest BCUT2D eigenvalue weighted by Gasteiger charge is -2.53. The summed E-state index contributed by atoms with van der Waals surface area (Å²) in [7, 11) is 0. The van der Waals surface area contributed by atoms with Crippen LogP contribution in [0.5, 0.6) is 0 Å². The first-order chi connectivity index (χ1) is 9.69. The Morgan fingerprint density at radius 2 is 1.95 bits per heavy atom. The molecule has 1 heterocycles. The van der Waals surface area contributed by atoms with Gasteiger partial charge in [-0.2, -0.15) is 0 Å². The average Bonchev–Trinajstić information content (AvgIpc) is 3.22. The molecule has 2 saturated carbocycles. The van der Waals surface area contributed by atoms with Crippen molar-refractivity contribution in [2.45, 2.75) is 69.9 Å². The molecule has 1 unspecified atom stereocenters. The summed E-state index contributed by atoms with van der Waals surface area (Å²) in [5.41, 5.74) is 0.808. The summed E-state index contributed by atoms with van der Waals surface area (Å²) in [6.45, 7) is 10.0. The van der Waals surface area contributed by atoms with Gasteiger partial charge in [-0.25, -0.2) is 0 Å². The van der Waals surface area contributed by atoms with Crippen molar-refractivity contribution in [1.82, 2.24) is 10.2 Å². The van der Waals surface area contributed by atoms with E-state index >= 15 is 0 Å². The predicted molar refractivity (Wildman–Crippen MR) is 83.0 cm³/mol. The number of piperazine rings is 1. The zero-order valence-electron chi connectivity index (χ0n) is 13.4. The Hall–Kier alpha value is -0.120. The molecular weight excluding hydrogens is 248 g/mol. The van der Waals surface area contributed by atoms with Crippen molar-refractivity contribution in [1.29, 1.82) is 0 Å². The van der Waals surface area contributed by atoms with Crippen LogP contribution in [-0.4, -0.2) is 48.8 Å². The first kappa shape index (κ1) is 14.8. The number of hydrogen-bond acceptors (Lipinski definition) is 3. The molecule has 3 rings (SSSR count). The largest absolute Gasteiger partial charge is 0.380 e. The zero-order chi connectivity index (χ0) is 14.1. The summed E-state index contributed by atoms with van der Waals surface area (Å²) in [6.07, 6.45) is 9.56. The Morgan fingerprint density at radius 3 is 2.60 bits per heavy atom. The number of nitrogens with zero attached hydrogens (tertiary/aromatic N) is 1. The van der Waals surface area contributed by atoms with E-state index in [2.05, 4.69) is 24.1 Å². The second kappa shape index (κ2) is 5.94. The quantitative estimate of drug-likeness (QED) is 0.757. The third-order valence-corrected chi connectivity index (χ3v) is 5.91. The van der Waals surface area contributed by atoms with Crippen LogP contribution in [0.4, 0.5) is 0 Å². The standard InChI is InChI=1S/C17H32N2O/c1-3-11-20-12-10-19-14-17(8-4-5-9-17)18-13-16(19,2)15-6-7-15/h15,18H,3-14H2,1-2H3. The minimum Gasteiger partial charge on any atom is -0.380 e. The van der Waals surface area contributed by atoms with E-state index in [1.165, 1.54) is 51.6 Å². The van der Waals surface area contributed by atoms with Crippen LogP contribution in [0.3, 0.4) is 0 Å². The highest BCUT2D eigenvalue weighted by atomic mass is 16.5. The van der Waals surface area contributed by atoms with Crippen LogP contribution >= 0.6 is 0 Å². The monoisotopic (exact) mass is 280 g/mol. The van der Waals surface area contributed by atoms with Crippen molar-refractivity contribution >= 4 is 0 Å². The topological polar surface area (TPSA) is 24.5 Å². The van der Waals surface area contributed by atoms with E-state index < -0.39 is 0 Å². The molecule has 1 spiro atoms. The minimum absolute atomic E-state index is 0.378. The smallest absolute Gasteiger partial charge is 0.0593 e. The number of ether oxygens (including phenoxy) is 1. The SMILES string of the molecule is CCCOCCN1CC2(CCCC2)NCC1(C)C1CC1. The summed E-state index contributed by atoms with van der Waals surface area (Å²) in [5, 5.41) is 3.96. The second-order valence-electron chi connectivity index (χ2n) is 7.51. The lowest BCUT2D eigenvalue weighted by Crippen LogP contribution is -2.69. The van der Waals surface area contributed by atoms with E-state index in [9.17, 15) is 0 Å². The Kier molecular flexibility index (Phi) is 4.40.